The maximum absolute atomic E-state index is 11.8. The van der Waals surface area contributed by atoms with Crippen molar-refractivity contribution < 1.29 is 14.7 Å². The summed E-state index contributed by atoms with van der Waals surface area (Å²) in [6.45, 7) is 9.53. The second-order valence-electron chi connectivity index (χ2n) is 8.45. The van der Waals surface area contributed by atoms with Crippen LogP contribution in [-0.4, -0.2) is 52.5 Å². The lowest BCUT2D eigenvalue weighted by Gasteiger charge is -2.39. The molecule has 1 spiro atoms. The first-order chi connectivity index (χ1) is 12.3. The third-order valence-electron chi connectivity index (χ3n) is 5.82. The number of likely N-dealkylation sites (tertiary alicyclic amines) is 2. The van der Waals surface area contributed by atoms with Gasteiger partial charge >= 0.3 is 5.97 Å². The quantitative estimate of drug-likeness (QED) is 0.854. The van der Waals surface area contributed by atoms with Crippen molar-refractivity contribution in [3.05, 3.63) is 21.9 Å². The number of hydrogen-bond acceptors (Lipinski definition) is 4. The molecule has 0 aliphatic carbocycles. The average Bonchev–Trinajstić information content (AvgIpc) is 3.14. The largest absolute Gasteiger partial charge is 0.480 e. The Bertz CT molecular complexity index is 638. The van der Waals surface area contributed by atoms with E-state index in [1.54, 1.807) is 4.90 Å². The number of carboxylic acid groups (broad SMARTS) is 1. The Kier molecular flexibility index (Phi) is 5.72. The maximum Gasteiger partial charge on any atom is 0.326 e. The molecule has 1 atom stereocenters. The lowest BCUT2D eigenvalue weighted by molar-refractivity contribution is -0.147. The molecule has 2 aliphatic rings. The third-order valence-corrected chi connectivity index (χ3v) is 6.91. The van der Waals surface area contributed by atoms with E-state index >= 15 is 0 Å². The van der Waals surface area contributed by atoms with Crippen LogP contribution < -0.4 is 0 Å². The van der Waals surface area contributed by atoms with Gasteiger partial charge in [0.2, 0.25) is 5.91 Å². The molecule has 1 aromatic heterocycles. The first kappa shape index (κ1) is 19.4. The minimum atomic E-state index is -0.865. The van der Waals surface area contributed by atoms with E-state index in [1.165, 1.54) is 16.7 Å². The predicted molar refractivity (Wildman–Crippen MR) is 103 cm³/mol. The van der Waals surface area contributed by atoms with Crippen molar-refractivity contribution in [3.63, 3.8) is 0 Å². The summed E-state index contributed by atoms with van der Waals surface area (Å²) in [4.78, 5) is 30.3. The van der Waals surface area contributed by atoms with E-state index in [0.29, 0.717) is 18.9 Å². The summed E-state index contributed by atoms with van der Waals surface area (Å²) < 4.78 is 0. The first-order valence-corrected chi connectivity index (χ1v) is 10.4. The molecule has 0 radical (unpaired) electrons. The fourth-order valence-electron chi connectivity index (χ4n) is 4.40. The van der Waals surface area contributed by atoms with Crippen LogP contribution in [0.4, 0.5) is 0 Å². The highest BCUT2D eigenvalue weighted by atomic mass is 32.1. The molecule has 1 unspecified atom stereocenters. The molecule has 6 heteroatoms. The molecule has 2 saturated heterocycles. The first-order valence-electron chi connectivity index (χ1n) is 9.58. The Hall–Kier alpha value is -1.40. The molecule has 0 aromatic carbocycles. The zero-order valence-electron chi connectivity index (χ0n) is 16.0. The van der Waals surface area contributed by atoms with Crippen LogP contribution in [0, 0.1) is 11.3 Å². The van der Waals surface area contributed by atoms with Gasteiger partial charge in [-0.1, -0.05) is 13.8 Å². The van der Waals surface area contributed by atoms with Gasteiger partial charge in [-0.15, -0.1) is 11.3 Å². The molecular weight excluding hydrogens is 348 g/mol. The summed E-state index contributed by atoms with van der Waals surface area (Å²) in [6.07, 6.45) is 3.70. The zero-order chi connectivity index (χ0) is 18.9. The molecule has 0 bridgehead atoms. The molecule has 3 rings (SSSR count). The van der Waals surface area contributed by atoms with Crippen molar-refractivity contribution in [1.82, 2.24) is 9.80 Å². The third kappa shape index (κ3) is 4.29. The van der Waals surface area contributed by atoms with Crippen LogP contribution in [0.3, 0.4) is 0 Å². The van der Waals surface area contributed by atoms with Gasteiger partial charge in [-0.2, -0.15) is 0 Å². The highest BCUT2D eigenvalue weighted by molar-refractivity contribution is 7.11. The molecule has 5 nitrogen and oxygen atoms in total. The number of amides is 1. The molecule has 26 heavy (non-hydrogen) atoms. The van der Waals surface area contributed by atoms with Crippen molar-refractivity contribution in [2.45, 2.75) is 59.0 Å². The van der Waals surface area contributed by atoms with Gasteiger partial charge in [0.1, 0.15) is 6.04 Å². The number of nitrogens with zero attached hydrogens (tertiary/aromatic N) is 2. The molecular formula is C20H30N2O3S. The van der Waals surface area contributed by atoms with Gasteiger partial charge in [-0.3, -0.25) is 9.69 Å². The molecule has 3 heterocycles. The van der Waals surface area contributed by atoms with Gasteiger partial charge in [0.15, 0.2) is 0 Å². The van der Waals surface area contributed by atoms with Crippen molar-refractivity contribution in [3.8, 4) is 0 Å². The second-order valence-corrected chi connectivity index (χ2v) is 9.70. The lowest BCUT2D eigenvalue weighted by atomic mass is 9.76. The summed E-state index contributed by atoms with van der Waals surface area (Å²) in [5.41, 5.74) is -0.0104. The van der Waals surface area contributed by atoms with E-state index in [2.05, 4.69) is 30.9 Å². The number of rotatable bonds is 5. The van der Waals surface area contributed by atoms with Gasteiger partial charge in [-0.05, 0) is 62.2 Å². The number of carbonyl (C=O) groups excluding carboxylic acids is 1. The van der Waals surface area contributed by atoms with Crippen LogP contribution in [0.5, 0.6) is 0 Å². The molecule has 1 aromatic rings. The van der Waals surface area contributed by atoms with Crippen LogP contribution >= 0.6 is 11.3 Å². The summed E-state index contributed by atoms with van der Waals surface area (Å²) in [7, 11) is 0. The second kappa shape index (κ2) is 7.69. The van der Waals surface area contributed by atoms with E-state index in [1.807, 2.05) is 11.3 Å². The smallest absolute Gasteiger partial charge is 0.326 e. The van der Waals surface area contributed by atoms with E-state index in [-0.39, 0.29) is 11.3 Å². The van der Waals surface area contributed by atoms with Crippen LogP contribution in [0.15, 0.2) is 12.1 Å². The van der Waals surface area contributed by atoms with Gasteiger partial charge < -0.3 is 10.0 Å². The molecule has 0 saturated carbocycles. The number of piperidine rings is 1. The van der Waals surface area contributed by atoms with Gasteiger partial charge in [0.05, 0.1) is 0 Å². The van der Waals surface area contributed by atoms with E-state index in [0.717, 1.165) is 38.9 Å². The Balaban J connectivity index is 1.56. The summed E-state index contributed by atoms with van der Waals surface area (Å²) in [5.74, 6) is -0.297. The Morgan fingerprint density at radius 2 is 1.92 bits per heavy atom. The van der Waals surface area contributed by atoms with Crippen molar-refractivity contribution in [2.75, 3.05) is 19.6 Å². The molecule has 2 fully saturated rings. The van der Waals surface area contributed by atoms with E-state index < -0.39 is 12.0 Å². The molecule has 144 valence electrons. The number of carbonyl (C=O) groups is 2. The number of carboxylic acids is 1. The molecule has 2 aliphatic heterocycles. The normalized spacial score (nSPS) is 23.1. The van der Waals surface area contributed by atoms with Gasteiger partial charge in [0, 0.05) is 29.8 Å². The highest BCUT2D eigenvalue weighted by Crippen LogP contribution is 2.43. The number of thiophene rings is 1. The van der Waals surface area contributed by atoms with Crippen molar-refractivity contribution in [2.24, 2.45) is 11.3 Å². The average molecular weight is 379 g/mol. The van der Waals surface area contributed by atoms with E-state index in [4.69, 9.17) is 0 Å². The lowest BCUT2D eigenvalue weighted by Crippen LogP contribution is -2.42. The summed E-state index contributed by atoms with van der Waals surface area (Å²) >= 11 is 1.91. The maximum atomic E-state index is 11.8. The Morgan fingerprint density at radius 1 is 1.27 bits per heavy atom. The monoisotopic (exact) mass is 378 g/mol. The minimum Gasteiger partial charge on any atom is -0.480 e. The minimum absolute atomic E-state index is 0.0104. The van der Waals surface area contributed by atoms with Crippen molar-refractivity contribution in [1.29, 1.82) is 0 Å². The molecule has 1 amide bonds. The van der Waals surface area contributed by atoms with Crippen LogP contribution in [-0.2, 0) is 22.6 Å². The summed E-state index contributed by atoms with van der Waals surface area (Å²) in [5, 5.41) is 9.46. The topological polar surface area (TPSA) is 60.9 Å². The molecule has 1 N–H and O–H groups in total. The fourth-order valence-corrected chi connectivity index (χ4v) is 5.67. The van der Waals surface area contributed by atoms with Crippen LogP contribution in [0.2, 0.25) is 0 Å². The highest BCUT2D eigenvalue weighted by Gasteiger charge is 2.49. The summed E-state index contributed by atoms with van der Waals surface area (Å²) in [6, 6.07) is 3.86. The Labute approximate surface area is 160 Å². The SMILES string of the molecule is CC(=O)N1CC2(CCN(Cc3ccc(CC(C)C)s3)CC2)CC1C(=O)O. The van der Waals surface area contributed by atoms with Gasteiger partial charge in [0.25, 0.3) is 0 Å². The van der Waals surface area contributed by atoms with Crippen LogP contribution in [0.25, 0.3) is 0 Å². The van der Waals surface area contributed by atoms with Crippen LogP contribution in [0.1, 0.15) is 49.8 Å². The standard InChI is InChI=1S/C20H30N2O3S/c1-14(2)10-16-4-5-17(26-16)12-21-8-6-20(7-9-21)11-18(19(24)25)22(13-20)15(3)23/h4-5,14,18H,6-13H2,1-3H3,(H,24,25). The van der Waals surface area contributed by atoms with E-state index in [9.17, 15) is 14.7 Å². The number of hydrogen-bond donors (Lipinski definition) is 1. The number of aliphatic carboxylic acids is 1. The van der Waals surface area contributed by atoms with Crippen molar-refractivity contribution >= 4 is 23.2 Å². The zero-order valence-corrected chi connectivity index (χ0v) is 16.8. The van der Waals surface area contributed by atoms with Gasteiger partial charge in [-0.25, -0.2) is 4.79 Å². The predicted octanol–water partition coefficient (Wildman–Crippen LogP) is 3.23. The fraction of sp³-hybridized carbons (Fsp3) is 0.700. The Morgan fingerprint density at radius 3 is 2.46 bits per heavy atom.